The topological polar surface area (TPSA) is 52.0 Å². The van der Waals surface area contributed by atoms with Crippen LogP contribution in [0.2, 0.25) is 0 Å². The number of hydrogen-bond acceptors (Lipinski definition) is 2. The molecule has 74 valence electrons. The van der Waals surface area contributed by atoms with E-state index in [1.54, 1.807) is 0 Å². The maximum Gasteiger partial charge on any atom is 0.0180 e. The van der Waals surface area contributed by atoms with E-state index in [0.717, 1.165) is 0 Å². The summed E-state index contributed by atoms with van der Waals surface area (Å²) < 4.78 is 0. The van der Waals surface area contributed by atoms with Gasteiger partial charge in [-0.05, 0) is 36.1 Å². The van der Waals surface area contributed by atoms with Crippen LogP contribution in [0.1, 0.15) is 22.3 Å². The second kappa shape index (κ2) is 5.22. The number of aryl methyl sites for hydroxylation is 2. The minimum atomic E-state index is 0. The predicted molar refractivity (Wildman–Crippen MR) is 58.9 cm³/mol. The maximum atomic E-state index is 5.58. The van der Waals surface area contributed by atoms with E-state index in [1.165, 1.54) is 22.3 Å². The third-order valence-electron chi connectivity index (χ3n) is 2.23. The van der Waals surface area contributed by atoms with E-state index in [-0.39, 0.29) is 12.4 Å². The summed E-state index contributed by atoms with van der Waals surface area (Å²) in [5.74, 6) is 0. The molecule has 1 aromatic rings. The predicted octanol–water partition coefficient (Wildman–Crippen LogP) is 1.64. The highest BCUT2D eigenvalue weighted by molar-refractivity contribution is 5.85. The van der Waals surface area contributed by atoms with Crippen LogP contribution in [0.3, 0.4) is 0 Å². The monoisotopic (exact) mass is 200 g/mol. The summed E-state index contributed by atoms with van der Waals surface area (Å²) >= 11 is 0. The van der Waals surface area contributed by atoms with Gasteiger partial charge in [-0.3, -0.25) is 0 Å². The van der Waals surface area contributed by atoms with Gasteiger partial charge in [0.15, 0.2) is 0 Å². The molecule has 0 saturated heterocycles. The Bertz CT molecular complexity index is 259. The lowest BCUT2D eigenvalue weighted by Crippen LogP contribution is -2.05. The molecule has 3 heteroatoms. The minimum Gasteiger partial charge on any atom is -0.326 e. The largest absolute Gasteiger partial charge is 0.326 e. The van der Waals surface area contributed by atoms with E-state index in [1.807, 2.05) is 0 Å². The molecule has 0 amide bonds. The van der Waals surface area contributed by atoms with Crippen molar-refractivity contribution in [3.8, 4) is 0 Å². The first-order valence-electron chi connectivity index (χ1n) is 4.18. The van der Waals surface area contributed by atoms with Gasteiger partial charge < -0.3 is 11.5 Å². The van der Waals surface area contributed by atoms with E-state index < -0.39 is 0 Å². The summed E-state index contributed by atoms with van der Waals surface area (Å²) in [4.78, 5) is 0. The van der Waals surface area contributed by atoms with Crippen molar-refractivity contribution in [3.63, 3.8) is 0 Å². The van der Waals surface area contributed by atoms with E-state index >= 15 is 0 Å². The maximum absolute atomic E-state index is 5.58. The second-order valence-corrected chi connectivity index (χ2v) is 3.11. The average molecular weight is 201 g/mol. The fourth-order valence-electron chi connectivity index (χ4n) is 1.39. The molecule has 0 saturated carbocycles. The molecule has 0 aliphatic carbocycles. The van der Waals surface area contributed by atoms with Crippen LogP contribution in [0.5, 0.6) is 0 Å². The van der Waals surface area contributed by atoms with E-state index in [4.69, 9.17) is 11.5 Å². The van der Waals surface area contributed by atoms with Gasteiger partial charge in [0.1, 0.15) is 0 Å². The Morgan fingerprint density at radius 3 is 1.62 bits per heavy atom. The lowest BCUT2D eigenvalue weighted by atomic mass is 10.0. The molecule has 0 fully saturated rings. The summed E-state index contributed by atoms with van der Waals surface area (Å²) in [7, 11) is 0. The first-order valence-corrected chi connectivity index (χ1v) is 4.18. The highest BCUT2D eigenvalue weighted by atomic mass is 35.5. The molecule has 1 rings (SSSR count). The zero-order valence-corrected chi connectivity index (χ0v) is 8.95. The normalized spacial score (nSPS) is 9.54. The molecule has 0 aliphatic heterocycles. The summed E-state index contributed by atoms with van der Waals surface area (Å²) in [5.41, 5.74) is 16.1. The van der Waals surface area contributed by atoms with Gasteiger partial charge in [0.05, 0.1) is 0 Å². The van der Waals surface area contributed by atoms with Crippen molar-refractivity contribution in [2.75, 3.05) is 0 Å². The smallest absolute Gasteiger partial charge is 0.0180 e. The fourth-order valence-corrected chi connectivity index (χ4v) is 1.39. The van der Waals surface area contributed by atoms with Crippen LogP contribution in [0.15, 0.2) is 12.1 Å². The van der Waals surface area contributed by atoms with Gasteiger partial charge in [-0.1, -0.05) is 12.1 Å². The van der Waals surface area contributed by atoms with Crippen molar-refractivity contribution in [1.29, 1.82) is 0 Å². The van der Waals surface area contributed by atoms with Gasteiger partial charge in [0, 0.05) is 13.1 Å². The van der Waals surface area contributed by atoms with E-state index in [0.29, 0.717) is 13.1 Å². The van der Waals surface area contributed by atoms with Crippen LogP contribution in [0.25, 0.3) is 0 Å². The molecule has 4 N–H and O–H groups in total. The van der Waals surface area contributed by atoms with Gasteiger partial charge in [0.2, 0.25) is 0 Å². The van der Waals surface area contributed by atoms with Crippen LogP contribution >= 0.6 is 12.4 Å². The molecule has 0 unspecified atom stereocenters. The molecular weight excluding hydrogens is 184 g/mol. The SMILES string of the molecule is Cc1cc(C)c(CN)cc1CN.Cl. The van der Waals surface area contributed by atoms with Crippen molar-refractivity contribution in [1.82, 2.24) is 0 Å². The van der Waals surface area contributed by atoms with Gasteiger partial charge in [0.25, 0.3) is 0 Å². The summed E-state index contributed by atoms with van der Waals surface area (Å²) in [6, 6.07) is 4.25. The van der Waals surface area contributed by atoms with Crippen LogP contribution < -0.4 is 11.5 Å². The van der Waals surface area contributed by atoms with Crippen LogP contribution in [0, 0.1) is 13.8 Å². The van der Waals surface area contributed by atoms with Crippen molar-refractivity contribution in [2.45, 2.75) is 26.9 Å². The van der Waals surface area contributed by atoms with Crippen LogP contribution in [-0.4, -0.2) is 0 Å². The lowest BCUT2D eigenvalue weighted by Gasteiger charge is -2.08. The first-order chi connectivity index (χ1) is 5.69. The van der Waals surface area contributed by atoms with E-state index in [9.17, 15) is 0 Å². The van der Waals surface area contributed by atoms with Gasteiger partial charge in [-0.15, -0.1) is 12.4 Å². The molecule has 0 aromatic heterocycles. The summed E-state index contributed by atoms with van der Waals surface area (Å²) in [6.45, 7) is 5.35. The molecule has 0 heterocycles. The number of rotatable bonds is 2. The third-order valence-corrected chi connectivity index (χ3v) is 2.23. The third kappa shape index (κ3) is 2.69. The first kappa shape index (κ1) is 12.4. The molecule has 2 nitrogen and oxygen atoms in total. The number of nitrogens with two attached hydrogens (primary N) is 2. The Balaban J connectivity index is 0.00000144. The van der Waals surface area contributed by atoms with Gasteiger partial charge >= 0.3 is 0 Å². The second-order valence-electron chi connectivity index (χ2n) is 3.11. The molecule has 13 heavy (non-hydrogen) atoms. The summed E-state index contributed by atoms with van der Waals surface area (Å²) in [5, 5.41) is 0. The number of hydrogen-bond donors (Lipinski definition) is 2. The van der Waals surface area contributed by atoms with Gasteiger partial charge in [-0.25, -0.2) is 0 Å². The Morgan fingerprint density at radius 1 is 0.923 bits per heavy atom. The Hall–Kier alpha value is -0.570. The standard InChI is InChI=1S/C10H16N2.ClH/c1-7-3-8(2)10(6-12)4-9(7)5-11;/h3-4H,5-6,11-12H2,1-2H3;1H. The molecule has 0 spiro atoms. The van der Waals surface area contributed by atoms with E-state index in [2.05, 4.69) is 26.0 Å². The van der Waals surface area contributed by atoms with Crippen molar-refractivity contribution in [2.24, 2.45) is 11.5 Å². The highest BCUT2D eigenvalue weighted by Gasteiger charge is 2.01. The summed E-state index contributed by atoms with van der Waals surface area (Å²) in [6.07, 6.45) is 0. The fraction of sp³-hybridized carbons (Fsp3) is 0.400. The Kier molecular flexibility index (Phi) is 4.99. The van der Waals surface area contributed by atoms with Crippen molar-refractivity contribution >= 4 is 12.4 Å². The Labute approximate surface area is 85.7 Å². The van der Waals surface area contributed by atoms with Crippen LogP contribution in [0.4, 0.5) is 0 Å². The lowest BCUT2D eigenvalue weighted by molar-refractivity contribution is 0.996. The average Bonchev–Trinajstić information content (AvgIpc) is 2.05. The quantitative estimate of drug-likeness (QED) is 0.763. The molecular formula is C10H17ClN2. The van der Waals surface area contributed by atoms with Crippen molar-refractivity contribution < 1.29 is 0 Å². The van der Waals surface area contributed by atoms with Crippen molar-refractivity contribution in [3.05, 3.63) is 34.4 Å². The molecule has 0 aliphatic rings. The zero-order chi connectivity index (χ0) is 9.14. The van der Waals surface area contributed by atoms with Gasteiger partial charge in [-0.2, -0.15) is 0 Å². The zero-order valence-electron chi connectivity index (χ0n) is 8.13. The minimum absolute atomic E-state index is 0. The molecule has 0 bridgehead atoms. The number of halogens is 1. The number of benzene rings is 1. The molecule has 1 aromatic carbocycles. The highest BCUT2D eigenvalue weighted by Crippen LogP contribution is 2.14. The molecule has 0 radical (unpaired) electrons. The van der Waals surface area contributed by atoms with Crippen LogP contribution in [-0.2, 0) is 13.1 Å². The Morgan fingerprint density at radius 2 is 1.31 bits per heavy atom. The molecule has 0 atom stereocenters.